The van der Waals surface area contributed by atoms with Crippen molar-refractivity contribution in [3.05, 3.63) is 53.4 Å². The summed E-state index contributed by atoms with van der Waals surface area (Å²) < 4.78 is 10.9. The molecule has 4 rings (SSSR count). The summed E-state index contributed by atoms with van der Waals surface area (Å²) in [4.78, 5) is 7.23. The van der Waals surface area contributed by atoms with Crippen LogP contribution in [0.4, 0.5) is 5.69 Å². The van der Waals surface area contributed by atoms with Gasteiger partial charge in [-0.25, -0.2) is 0 Å². The van der Waals surface area contributed by atoms with Crippen LogP contribution in [-0.2, 0) is 11.2 Å². The summed E-state index contributed by atoms with van der Waals surface area (Å²) in [6.07, 6.45) is 4.72. The zero-order chi connectivity index (χ0) is 19.9. The largest absolute Gasteiger partial charge is 0.469 e. The summed E-state index contributed by atoms with van der Waals surface area (Å²) in [7, 11) is 0. The normalized spacial score (nSPS) is 22.2. The fourth-order valence-electron chi connectivity index (χ4n) is 3.82. The molecule has 2 aliphatic heterocycles. The second kappa shape index (κ2) is 10.0. The summed E-state index contributed by atoms with van der Waals surface area (Å²) in [5, 5.41) is 7.88. The van der Waals surface area contributed by atoms with Crippen LogP contribution in [0.25, 0.3) is 0 Å². The Hall–Kier alpha value is -2.18. The fourth-order valence-corrected chi connectivity index (χ4v) is 3.94. The van der Waals surface area contributed by atoms with Crippen LogP contribution < -0.4 is 15.5 Å². The van der Waals surface area contributed by atoms with E-state index in [0.717, 1.165) is 75.4 Å². The Morgan fingerprint density at radius 1 is 1.21 bits per heavy atom. The first-order valence-electron chi connectivity index (χ1n) is 10.4. The summed E-state index contributed by atoms with van der Waals surface area (Å²) in [6, 6.07) is 12.4. The van der Waals surface area contributed by atoms with Gasteiger partial charge in [-0.1, -0.05) is 11.6 Å². The monoisotopic (exact) mass is 416 g/mol. The van der Waals surface area contributed by atoms with Crippen LogP contribution in [0.3, 0.4) is 0 Å². The Morgan fingerprint density at radius 2 is 2.10 bits per heavy atom. The molecule has 1 aromatic carbocycles. The van der Waals surface area contributed by atoms with Crippen molar-refractivity contribution in [1.82, 2.24) is 10.6 Å². The minimum atomic E-state index is 0.361. The fraction of sp³-hybridized carbons (Fsp3) is 0.500. The zero-order valence-electron chi connectivity index (χ0n) is 16.6. The van der Waals surface area contributed by atoms with Crippen molar-refractivity contribution in [3.63, 3.8) is 0 Å². The number of hydrogen-bond acceptors (Lipinski definition) is 4. The van der Waals surface area contributed by atoms with Crippen molar-refractivity contribution in [2.24, 2.45) is 10.9 Å². The minimum absolute atomic E-state index is 0.361. The molecule has 0 spiro atoms. The van der Waals surface area contributed by atoms with Crippen LogP contribution in [-0.4, -0.2) is 51.4 Å². The van der Waals surface area contributed by atoms with Gasteiger partial charge in [0.2, 0.25) is 0 Å². The predicted molar refractivity (Wildman–Crippen MR) is 117 cm³/mol. The molecule has 29 heavy (non-hydrogen) atoms. The summed E-state index contributed by atoms with van der Waals surface area (Å²) in [5.41, 5.74) is 1.21. The lowest BCUT2D eigenvalue weighted by Gasteiger charge is -2.21. The van der Waals surface area contributed by atoms with Crippen molar-refractivity contribution in [2.45, 2.75) is 25.3 Å². The second-order valence-corrected chi connectivity index (χ2v) is 8.16. The van der Waals surface area contributed by atoms with Gasteiger partial charge in [0.25, 0.3) is 0 Å². The van der Waals surface area contributed by atoms with E-state index in [2.05, 4.69) is 27.7 Å². The van der Waals surface area contributed by atoms with Gasteiger partial charge in [0.1, 0.15) is 5.76 Å². The van der Waals surface area contributed by atoms with Gasteiger partial charge in [0.05, 0.1) is 12.9 Å². The van der Waals surface area contributed by atoms with E-state index >= 15 is 0 Å². The number of benzene rings is 1. The van der Waals surface area contributed by atoms with Crippen molar-refractivity contribution in [3.8, 4) is 0 Å². The maximum atomic E-state index is 6.02. The van der Waals surface area contributed by atoms with Crippen LogP contribution in [0.1, 0.15) is 18.6 Å². The van der Waals surface area contributed by atoms with E-state index in [9.17, 15) is 0 Å². The Balaban J connectivity index is 1.32. The van der Waals surface area contributed by atoms with Crippen molar-refractivity contribution >= 4 is 23.2 Å². The molecule has 2 N–H and O–H groups in total. The molecule has 0 saturated carbocycles. The Morgan fingerprint density at radius 3 is 2.86 bits per heavy atom. The van der Waals surface area contributed by atoms with Crippen molar-refractivity contribution in [2.75, 3.05) is 44.3 Å². The van der Waals surface area contributed by atoms with Gasteiger partial charge in [0.15, 0.2) is 5.96 Å². The standard InChI is InChI=1S/C22H29ClN4O2/c23-18-3-5-20(6-4-18)27-11-8-19(15-27)26-22(25-14-17-9-13-28-16-17)24-10-7-21-2-1-12-29-21/h1-6,12,17,19H,7-11,13-16H2,(H2,24,25,26). The molecule has 2 saturated heterocycles. The number of halogens is 1. The first-order chi connectivity index (χ1) is 14.3. The lowest BCUT2D eigenvalue weighted by molar-refractivity contribution is 0.187. The molecule has 0 radical (unpaired) electrons. The van der Waals surface area contributed by atoms with Crippen LogP contribution in [0.5, 0.6) is 0 Å². The number of furan rings is 1. The van der Waals surface area contributed by atoms with E-state index in [1.54, 1.807) is 6.26 Å². The van der Waals surface area contributed by atoms with E-state index in [1.165, 1.54) is 5.69 Å². The van der Waals surface area contributed by atoms with Gasteiger partial charge < -0.3 is 24.7 Å². The van der Waals surface area contributed by atoms with Gasteiger partial charge in [-0.05, 0) is 49.2 Å². The molecule has 2 aliphatic rings. The first-order valence-corrected chi connectivity index (χ1v) is 10.8. The third kappa shape index (κ3) is 5.90. The average Bonchev–Trinajstić information content (AvgIpc) is 3.49. The highest BCUT2D eigenvalue weighted by molar-refractivity contribution is 6.30. The Bertz CT molecular complexity index is 773. The second-order valence-electron chi connectivity index (χ2n) is 7.73. The number of guanidine groups is 1. The number of nitrogens with zero attached hydrogens (tertiary/aromatic N) is 2. The van der Waals surface area contributed by atoms with Gasteiger partial charge in [-0.2, -0.15) is 0 Å². The van der Waals surface area contributed by atoms with Crippen LogP contribution in [0.2, 0.25) is 5.02 Å². The molecule has 3 heterocycles. The molecule has 1 aromatic heterocycles. The number of ether oxygens (including phenoxy) is 1. The maximum Gasteiger partial charge on any atom is 0.191 e. The Kier molecular flexibility index (Phi) is 6.96. The zero-order valence-corrected chi connectivity index (χ0v) is 17.4. The molecule has 0 aliphatic carbocycles. The number of rotatable bonds is 7. The molecule has 7 heteroatoms. The average molecular weight is 417 g/mol. The van der Waals surface area contributed by atoms with Gasteiger partial charge in [0, 0.05) is 61.9 Å². The number of hydrogen-bond donors (Lipinski definition) is 2. The van der Waals surface area contributed by atoms with Gasteiger partial charge in [-0.3, -0.25) is 4.99 Å². The quantitative estimate of drug-likeness (QED) is 0.535. The highest BCUT2D eigenvalue weighted by Gasteiger charge is 2.24. The smallest absolute Gasteiger partial charge is 0.191 e. The molecular formula is C22H29ClN4O2. The van der Waals surface area contributed by atoms with E-state index in [0.29, 0.717) is 12.0 Å². The number of aliphatic imine (C=N–C) groups is 1. The topological polar surface area (TPSA) is 62.0 Å². The minimum Gasteiger partial charge on any atom is -0.469 e. The molecule has 156 valence electrons. The van der Waals surface area contributed by atoms with E-state index in [4.69, 9.17) is 25.7 Å². The van der Waals surface area contributed by atoms with Crippen LogP contribution >= 0.6 is 11.6 Å². The predicted octanol–water partition coefficient (Wildman–Crippen LogP) is 3.33. The molecule has 6 nitrogen and oxygen atoms in total. The van der Waals surface area contributed by atoms with E-state index in [-0.39, 0.29) is 0 Å². The lowest BCUT2D eigenvalue weighted by atomic mass is 10.1. The third-order valence-corrected chi connectivity index (χ3v) is 5.75. The molecule has 2 unspecified atom stereocenters. The Labute approximate surface area is 177 Å². The maximum absolute atomic E-state index is 6.02. The molecule has 2 atom stereocenters. The molecule has 0 bridgehead atoms. The van der Waals surface area contributed by atoms with E-state index in [1.807, 2.05) is 24.3 Å². The first kappa shape index (κ1) is 20.1. The summed E-state index contributed by atoms with van der Waals surface area (Å²) in [6.45, 7) is 5.23. The van der Waals surface area contributed by atoms with Crippen LogP contribution in [0.15, 0.2) is 52.1 Å². The van der Waals surface area contributed by atoms with Crippen molar-refractivity contribution < 1.29 is 9.15 Å². The SMILES string of the molecule is Clc1ccc(N2CCC(NC(=NCC3CCOC3)NCCc3ccco3)C2)cc1. The number of anilines is 1. The van der Waals surface area contributed by atoms with Crippen LogP contribution in [0, 0.1) is 5.92 Å². The van der Waals surface area contributed by atoms with Gasteiger partial charge in [-0.15, -0.1) is 0 Å². The molecule has 2 fully saturated rings. The number of nitrogens with one attached hydrogen (secondary N) is 2. The summed E-state index contributed by atoms with van der Waals surface area (Å²) >= 11 is 6.02. The third-order valence-electron chi connectivity index (χ3n) is 5.50. The highest BCUT2D eigenvalue weighted by atomic mass is 35.5. The van der Waals surface area contributed by atoms with E-state index < -0.39 is 0 Å². The molecule has 0 amide bonds. The van der Waals surface area contributed by atoms with Gasteiger partial charge >= 0.3 is 0 Å². The molecular weight excluding hydrogens is 388 g/mol. The van der Waals surface area contributed by atoms with Crippen molar-refractivity contribution in [1.29, 1.82) is 0 Å². The molecule has 2 aromatic rings. The summed E-state index contributed by atoms with van der Waals surface area (Å²) in [5.74, 6) is 2.38. The highest BCUT2D eigenvalue weighted by Crippen LogP contribution is 2.22. The lowest BCUT2D eigenvalue weighted by Crippen LogP contribution is -2.45.